The van der Waals surface area contributed by atoms with Crippen molar-refractivity contribution in [2.75, 3.05) is 26.8 Å². The van der Waals surface area contributed by atoms with Crippen LogP contribution in [0.5, 0.6) is 0 Å². The number of methoxy groups -OCH3 is 1. The molecule has 0 aliphatic carbocycles. The molecule has 4 rings (SSSR count). The smallest absolute Gasteiger partial charge is 0.224 e. The first-order valence-electron chi connectivity index (χ1n) is 9.03. The predicted octanol–water partition coefficient (Wildman–Crippen LogP) is 3.05. The van der Waals surface area contributed by atoms with Crippen molar-refractivity contribution in [3.8, 4) is 11.4 Å². The third-order valence-corrected chi connectivity index (χ3v) is 4.95. The van der Waals surface area contributed by atoms with Crippen LogP contribution >= 0.6 is 0 Å². The molecular weight excluding hydrogens is 347 g/mol. The molecule has 3 aromatic rings. The van der Waals surface area contributed by atoms with E-state index in [1.54, 1.807) is 25.4 Å². The highest BCUT2D eigenvalue weighted by molar-refractivity contribution is 5.78. The number of fused-ring (bicyclic) bond motifs is 1. The van der Waals surface area contributed by atoms with E-state index in [2.05, 4.69) is 9.55 Å². The van der Waals surface area contributed by atoms with Crippen molar-refractivity contribution >= 4 is 17.1 Å². The Morgan fingerprint density at radius 3 is 2.89 bits per heavy atom. The molecule has 6 nitrogen and oxygen atoms in total. The van der Waals surface area contributed by atoms with E-state index >= 15 is 0 Å². The number of likely N-dealkylation sites (tertiary alicyclic amines) is 1. The van der Waals surface area contributed by atoms with Crippen LogP contribution in [0.2, 0.25) is 0 Å². The maximum Gasteiger partial charge on any atom is 0.224 e. The van der Waals surface area contributed by atoms with Gasteiger partial charge in [-0.2, -0.15) is 0 Å². The normalized spacial score (nSPS) is 17.0. The fourth-order valence-corrected chi connectivity index (χ4v) is 3.60. The van der Waals surface area contributed by atoms with Crippen LogP contribution in [0.1, 0.15) is 18.9 Å². The Bertz CT molecular complexity index is 954. The van der Waals surface area contributed by atoms with Crippen LogP contribution in [0.3, 0.4) is 0 Å². The lowest BCUT2D eigenvalue weighted by atomic mass is 10.2. The average molecular weight is 368 g/mol. The van der Waals surface area contributed by atoms with Gasteiger partial charge in [0.1, 0.15) is 17.2 Å². The van der Waals surface area contributed by atoms with Crippen LogP contribution in [0.25, 0.3) is 22.6 Å². The summed E-state index contributed by atoms with van der Waals surface area (Å²) in [6.45, 7) is 1.73. The van der Waals surface area contributed by atoms with Crippen molar-refractivity contribution in [1.82, 2.24) is 19.4 Å². The largest absolute Gasteiger partial charge is 0.384 e. The summed E-state index contributed by atoms with van der Waals surface area (Å²) >= 11 is 0. The summed E-state index contributed by atoms with van der Waals surface area (Å²) in [4.78, 5) is 23.5. The first-order chi connectivity index (χ1) is 13.2. The van der Waals surface area contributed by atoms with E-state index in [9.17, 15) is 9.18 Å². The standard InChI is InChI=1S/C20H21FN4O2/c1-27-12-9-18(26)24-11-8-16(13-24)25-19(14-4-6-15(21)7-5-14)23-17-3-2-10-22-20(17)25/h2-7,10,16H,8-9,11-13H2,1H3. The molecule has 7 heteroatoms. The molecule has 1 aliphatic heterocycles. The van der Waals surface area contributed by atoms with E-state index in [0.717, 1.165) is 29.0 Å². The van der Waals surface area contributed by atoms with E-state index in [0.29, 0.717) is 26.1 Å². The topological polar surface area (TPSA) is 60.2 Å². The molecule has 27 heavy (non-hydrogen) atoms. The number of rotatable bonds is 5. The summed E-state index contributed by atoms with van der Waals surface area (Å²) in [6.07, 6.45) is 2.96. The van der Waals surface area contributed by atoms with Crippen molar-refractivity contribution in [3.63, 3.8) is 0 Å². The Balaban J connectivity index is 1.70. The summed E-state index contributed by atoms with van der Waals surface area (Å²) in [6, 6.07) is 10.2. The molecule has 1 fully saturated rings. The molecule has 1 amide bonds. The number of aromatic nitrogens is 3. The minimum Gasteiger partial charge on any atom is -0.384 e. The van der Waals surface area contributed by atoms with Crippen LogP contribution < -0.4 is 0 Å². The minimum absolute atomic E-state index is 0.0800. The van der Waals surface area contributed by atoms with E-state index in [-0.39, 0.29) is 17.8 Å². The van der Waals surface area contributed by atoms with E-state index in [1.165, 1.54) is 12.1 Å². The number of carbonyl (C=O) groups is 1. The third kappa shape index (κ3) is 3.42. The summed E-state index contributed by atoms with van der Waals surface area (Å²) in [5, 5.41) is 0. The molecule has 1 aromatic carbocycles. The maximum atomic E-state index is 13.4. The number of ether oxygens (including phenoxy) is 1. The Hall–Kier alpha value is -2.80. The van der Waals surface area contributed by atoms with Gasteiger partial charge < -0.3 is 14.2 Å². The number of halogens is 1. The molecular formula is C20H21FN4O2. The molecule has 3 heterocycles. The summed E-state index contributed by atoms with van der Waals surface area (Å²) in [5.74, 6) is 0.565. The van der Waals surface area contributed by atoms with Gasteiger partial charge in [-0.1, -0.05) is 0 Å². The molecule has 1 aliphatic rings. The SMILES string of the molecule is COCCC(=O)N1CCC(n2c(-c3ccc(F)cc3)nc3cccnc32)C1. The van der Waals surface area contributed by atoms with Gasteiger partial charge in [-0.15, -0.1) is 0 Å². The fourth-order valence-electron chi connectivity index (χ4n) is 3.60. The molecule has 0 spiro atoms. The number of nitrogens with zero attached hydrogens (tertiary/aromatic N) is 4. The highest BCUT2D eigenvalue weighted by atomic mass is 19.1. The molecule has 140 valence electrons. The molecule has 1 atom stereocenters. The van der Waals surface area contributed by atoms with Gasteiger partial charge in [0, 0.05) is 32.0 Å². The zero-order chi connectivity index (χ0) is 18.8. The molecule has 1 unspecified atom stereocenters. The highest BCUT2D eigenvalue weighted by Crippen LogP contribution is 2.32. The Morgan fingerprint density at radius 1 is 1.30 bits per heavy atom. The molecule has 0 saturated carbocycles. The van der Waals surface area contributed by atoms with Gasteiger partial charge in [0.15, 0.2) is 5.65 Å². The second kappa shape index (κ2) is 7.44. The number of imidazole rings is 1. The number of benzene rings is 1. The zero-order valence-corrected chi connectivity index (χ0v) is 15.1. The Morgan fingerprint density at radius 2 is 2.11 bits per heavy atom. The number of hydrogen-bond acceptors (Lipinski definition) is 4. The monoisotopic (exact) mass is 368 g/mol. The molecule has 1 saturated heterocycles. The maximum absolute atomic E-state index is 13.4. The number of hydrogen-bond donors (Lipinski definition) is 0. The fraction of sp³-hybridized carbons (Fsp3) is 0.350. The number of amides is 1. The predicted molar refractivity (Wildman–Crippen MR) is 99.6 cm³/mol. The van der Waals surface area contributed by atoms with Crippen molar-refractivity contribution in [2.45, 2.75) is 18.9 Å². The quantitative estimate of drug-likeness (QED) is 0.695. The summed E-state index contributed by atoms with van der Waals surface area (Å²) < 4.78 is 20.5. The van der Waals surface area contributed by atoms with Crippen LogP contribution in [-0.2, 0) is 9.53 Å². The zero-order valence-electron chi connectivity index (χ0n) is 15.1. The number of carbonyl (C=O) groups excluding carboxylic acids is 1. The third-order valence-electron chi connectivity index (χ3n) is 4.95. The lowest BCUT2D eigenvalue weighted by molar-refractivity contribution is -0.131. The van der Waals surface area contributed by atoms with Gasteiger partial charge in [0.2, 0.25) is 5.91 Å². The lowest BCUT2D eigenvalue weighted by Crippen LogP contribution is -2.29. The lowest BCUT2D eigenvalue weighted by Gasteiger charge is -2.19. The van der Waals surface area contributed by atoms with Crippen LogP contribution in [0, 0.1) is 5.82 Å². The summed E-state index contributed by atoms with van der Waals surface area (Å²) in [5.41, 5.74) is 2.41. The summed E-state index contributed by atoms with van der Waals surface area (Å²) in [7, 11) is 1.60. The van der Waals surface area contributed by atoms with Crippen molar-refractivity contribution in [3.05, 3.63) is 48.4 Å². The van der Waals surface area contributed by atoms with Gasteiger partial charge >= 0.3 is 0 Å². The molecule has 0 radical (unpaired) electrons. The van der Waals surface area contributed by atoms with E-state index in [4.69, 9.17) is 9.72 Å². The Kier molecular flexibility index (Phi) is 4.85. The van der Waals surface area contributed by atoms with Crippen LogP contribution in [0.4, 0.5) is 4.39 Å². The second-order valence-corrected chi connectivity index (χ2v) is 6.68. The van der Waals surface area contributed by atoms with E-state index < -0.39 is 0 Å². The van der Waals surface area contributed by atoms with Gasteiger partial charge in [-0.3, -0.25) is 4.79 Å². The average Bonchev–Trinajstić information content (AvgIpc) is 3.31. The van der Waals surface area contributed by atoms with Gasteiger partial charge in [-0.25, -0.2) is 14.4 Å². The molecule has 2 aromatic heterocycles. The van der Waals surface area contributed by atoms with Gasteiger partial charge in [-0.05, 0) is 42.8 Å². The first-order valence-corrected chi connectivity index (χ1v) is 9.03. The first kappa shape index (κ1) is 17.6. The number of pyridine rings is 1. The Labute approximate surface area is 156 Å². The van der Waals surface area contributed by atoms with E-state index in [1.807, 2.05) is 17.0 Å². The molecule has 0 bridgehead atoms. The van der Waals surface area contributed by atoms with Crippen molar-refractivity contribution < 1.29 is 13.9 Å². The van der Waals surface area contributed by atoms with Crippen LogP contribution in [-0.4, -0.2) is 52.1 Å². The van der Waals surface area contributed by atoms with Crippen molar-refractivity contribution in [2.24, 2.45) is 0 Å². The van der Waals surface area contributed by atoms with Crippen molar-refractivity contribution in [1.29, 1.82) is 0 Å². The minimum atomic E-state index is -0.282. The van der Waals surface area contributed by atoms with Gasteiger partial charge in [0.25, 0.3) is 0 Å². The van der Waals surface area contributed by atoms with Gasteiger partial charge in [0.05, 0.1) is 19.1 Å². The highest BCUT2D eigenvalue weighted by Gasteiger charge is 2.30. The van der Waals surface area contributed by atoms with Crippen LogP contribution in [0.15, 0.2) is 42.6 Å². The molecule has 0 N–H and O–H groups in total. The second-order valence-electron chi connectivity index (χ2n) is 6.68.